The average Bonchev–Trinajstić information content (AvgIpc) is 3.15. The summed E-state index contributed by atoms with van der Waals surface area (Å²) in [6.07, 6.45) is 10.2. The van der Waals surface area contributed by atoms with Gasteiger partial charge in [-0.25, -0.2) is 0 Å². The first-order valence-corrected chi connectivity index (χ1v) is 10.1. The number of hydrogen-bond donors (Lipinski definition) is 1. The Labute approximate surface area is 165 Å². The second-order valence-electron chi connectivity index (χ2n) is 8.04. The third-order valence-electron chi connectivity index (χ3n) is 5.84. The monoisotopic (exact) mass is 384 g/mol. The number of ether oxygens (including phenoxy) is 1. The van der Waals surface area contributed by atoms with Gasteiger partial charge in [-0.3, -0.25) is 14.5 Å². The van der Waals surface area contributed by atoms with E-state index >= 15 is 0 Å². The fourth-order valence-corrected chi connectivity index (χ4v) is 4.17. The molecule has 2 aromatic rings. The smallest absolute Gasteiger partial charge is 0.225 e. The molecular formula is C21H28N4O3. The Morgan fingerprint density at radius 3 is 2.75 bits per heavy atom. The molecule has 28 heavy (non-hydrogen) atoms. The van der Waals surface area contributed by atoms with Gasteiger partial charge in [0, 0.05) is 37.1 Å². The fourth-order valence-electron chi connectivity index (χ4n) is 4.17. The van der Waals surface area contributed by atoms with Crippen molar-refractivity contribution in [2.75, 3.05) is 19.7 Å². The van der Waals surface area contributed by atoms with Crippen molar-refractivity contribution in [3.05, 3.63) is 36.4 Å². The van der Waals surface area contributed by atoms with Crippen LogP contribution in [0.3, 0.4) is 0 Å². The topological polar surface area (TPSA) is 80.5 Å². The Hall–Kier alpha value is -2.25. The number of aromatic nitrogens is 3. The number of carbonyl (C=O) groups is 1. The molecule has 4 rings (SSSR count). The minimum Gasteiger partial charge on any atom is -0.389 e. The predicted octanol–water partition coefficient (Wildman–Crippen LogP) is 2.47. The Kier molecular flexibility index (Phi) is 5.46. The van der Waals surface area contributed by atoms with E-state index in [1.54, 1.807) is 4.68 Å². The van der Waals surface area contributed by atoms with Crippen LogP contribution in [0.2, 0.25) is 0 Å². The van der Waals surface area contributed by atoms with Gasteiger partial charge in [0.2, 0.25) is 5.91 Å². The highest BCUT2D eigenvalue weighted by atomic mass is 16.5. The Morgan fingerprint density at radius 1 is 1.25 bits per heavy atom. The lowest BCUT2D eigenvalue weighted by molar-refractivity contribution is -0.145. The van der Waals surface area contributed by atoms with Crippen LogP contribution in [0.5, 0.6) is 0 Å². The summed E-state index contributed by atoms with van der Waals surface area (Å²) in [7, 11) is 1.89. The van der Waals surface area contributed by atoms with Gasteiger partial charge in [0.25, 0.3) is 0 Å². The molecule has 1 aliphatic heterocycles. The van der Waals surface area contributed by atoms with Gasteiger partial charge in [-0.15, -0.1) is 0 Å². The van der Waals surface area contributed by atoms with Crippen molar-refractivity contribution in [3.8, 4) is 11.1 Å². The molecule has 7 nitrogen and oxygen atoms in total. The van der Waals surface area contributed by atoms with E-state index in [4.69, 9.17) is 4.74 Å². The SMILES string of the molecule is Cn1cc(-c2ccc([C@@H]3CN(C(=O)CC4(O)CCCCC4)CCO3)nc2)cn1. The van der Waals surface area contributed by atoms with Crippen molar-refractivity contribution < 1.29 is 14.6 Å². The van der Waals surface area contributed by atoms with Gasteiger partial charge in [0.1, 0.15) is 6.10 Å². The van der Waals surface area contributed by atoms with Crippen molar-refractivity contribution in [1.29, 1.82) is 0 Å². The van der Waals surface area contributed by atoms with Crippen LogP contribution in [-0.4, -0.2) is 56.0 Å². The van der Waals surface area contributed by atoms with Crippen molar-refractivity contribution in [3.63, 3.8) is 0 Å². The molecule has 2 aromatic heterocycles. The van der Waals surface area contributed by atoms with Crippen LogP contribution in [0, 0.1) is 0 Å². The molecule has 1 aliphatic carbocycles. The first-order valence-electron chi connectivity index (χ1n) is 10.1. The summed E-state index contributed by atoms with van der Waals surface area (Å²) in [4.78, 5) is 19.1. The first-order chi connectivity index (χ1) is 13.5. The average molecular weight is 384 g/mol. The van der Waals surface area contributed by atoms with E-state index in [2.05, 4.69) is 10.1 Å². The summed E-state index contributed by atoms with van der Waals surface area (Å²) >= 11 is 0. The van der Waals surface area contributed by atoms with Crippen molar-refractivity contribution in [2.45, 2.75) is 50.2 Å². The number of carbonyl (C=O) groups excluding carboxylic acids is 1. The maximum Gasteiger partial charge on any atom is 0.225 e. The van der Waals surface area contributed by atoms with Crippen molar-refractivity contribution in [1.82, 2.24) is 19.7 Å². The lowest BCUT2D eigenvalue weighted by Gasteiger charge is -2.37. The van der Waals surface area contributed by atoms with E-state index in [9.17, 15) is 9.90 Å². The minimum absolute atomic E-state index is 0.0182. The molecule has 1 amide bonds. The zero-order valence-electron chi connectivity index (χ0n) is 16.4. The van der Waals surface area contributed by atoms with Crippen LogP contribution in [-0.2, 0) is 16.6 Å². The maximum absolute atomic E-state index is 12.8. The number of aryl methyl sites for hydroxylation is 1. The first kappa shape index (κ1) is 19.1. The Bertz CT molecular complexity index is 811. The molecule has 1 saturated heterocycles. The number of rotatable bonds is 4. The second-order valence-corrected chi connectivity index (χ2v) is 8.04. The molecule has 0 radical (unpaired) electrons. The molecule has 0 bridgehead atoms. The van der Waals surface area contributed by atoms with E-state index in [0.29, 0.717) is 19.7 Å². The highest BCUT2D eigenvalue weighted by Gasteiger charge is 2.35. The molecule has 7 heteroatoms. The van der Waals surface area contributed by atoms with E-state index in [1.165, 1.54) is 0 Å². The normalized spacial score (nSPS) is 22.2. The largest absolute Gasteiger partial charge is 0.389 e. The van der Waals surface area contributed by atoms with Crippen LogP contribution in [0.1, 0.15) is 50.3 Å². The van der Waals surface area contributed by atoms with Crippen LogP contribution in [0.4, 0.5) is 0 Å². The Balaban J connectivity index is 1.40. The van der Waals surface area contributed by atoms with Gasteiger partial charge < -0.3 is 14.7 Å². The number of pyridine rings is 1. The summed E-state index contributed by atoms with van der Waals surface area (Å²) in [6, 6.07) is 3.96. The summed E-state index contributed by atoms with van der Waals surface area (Å²) in [5, 5.41) is 14.9. The van der Waals surface area contributed by atoms with Crippen molar-refractivity contribution in [2.24, 2.45) is 7.05 Å². The highest BCUT2D eigenvalue weighted by molar-refractivity contribution is 5.77. The van der Waals surface area contributed by atoms with Gasteiger partial charge in [-0.1, -0.05) is 25.3 Å². The highest BCUT2D eigenvalue weighted by Crippen LogP contribution is 2.32. The Morgan fingerprint density at radius 2 is 2.07 bits per heavy atom. The third kappa shape index (κ3) is 4.25. The molecule has 0 spiro atoms. The number of hydrogen-bond acceptors (Lipinski definition) is 5. The van der Waals surface area contributed by atoms with Crippen LogP contribution >= 0.6 is 0 Å². The van der Waals surface area contributed by atoms with Gasteiger partial charge >= 0.3 is 0 Å². The number of nitrogens with zero attached hydrogens (tertiary/aromatic N) is 4. The van der Waals surface area contributed by atoms with Gasteiger partial charge in [-0.05, 0) is 18.9 Å². The summed E-state index contributed by atoms with van der Waals surface area (Å²) < 4.78 is 7.64. The molecule has 2 fully saturated rings. The van der Waals surface area contributed by atoms with Gasteiger partial charge in [0.15, 0.2) is 0 Å². The van der Waals surface area contributed by atoms with Crippen molar-refractivity contribution >= 4 is 5.91 Å². The molecule has 1 N–H and O–H groups in total. The summed E-state index contributed by atoms with van der Waals surface area (Å²) in [5.41, 5.74) is 2.01. The number of amides is 1. The predicted molar refractivity (Wildman–Crippen MR) is 104 cm³/mol. The molecule has 1 saturated carbocycles. The molecular weight excluding hydrogens is 356 g/mol. The van der Waals surface area contributed by atoms with E-state index < -0.39 is 5.60 Å². The van der Waals surface area contributed by atoms with E-state index in [1.807, 2.05) is 42.7 Å². The standard InChI is InChI=1S/C21H28N4O3/c1-24-14-17(13-23-24)16-5-6-18(22-12-16)19-15-25(9-10-28-19)20(26)11-21(27)7-3-2-4-8-21/h5-6,12-14,19,27H,2-4,7-11,15H2,1H3/t19-/m0/s1. The quantitative estimate of drug-likeness (QED) is 0.876. The van der Waals surface area contributed by atoms with Gasteiger partial charge in [0.05, 0.1) is 37.1 Å². The van der Waals surface area contributed by atoms with Crippen LogP contribution in [0.15, 0.2) is 30.7 Å². The maximum atomic E-state index is 12.8. The molecule has 2 aliphatic rings. The summed E-state index contributed by atoms with van der Waals surface area (Å²) in [5.74, 6) is 0.0182. The van der Waals surface area contributed by atoms with E-state index in [0.717, 1.165) is 48.9 Å². The minimum atomic E-state index is -0.827. The lowest BCUT2D eigenvalue weighted by Crippen LogP contribution is -2.46. The van der Waals surface area contributed by atoms with Gasteiger partial charge in [-0.2, -0.15) is 5.10 Å². The zero-order valence-corrected chi connectivity index (χ0v) is 16.4. The second kappa shape index (κ2) is 8.01. The fraction of sp³-hybridized carbons (Fsp3) is 0.571. The van der Waals surface area contributed by atoms with Crippen LogP contribution < -0.4 is 0 Å². The lowest BCUT2D eigenvalue weighted by atomic mass is 9.82. The van der Waals surface area contributed by atoms with E-state index in [-0.39, 0.29) is 18.4 Å². The number of aliphatic hydroxyl groups is 1. The molecule has 1 atom stereocenters. The molecule has 0 aromatic carbocycles. The van der Waals surface area contributed by atoms with Crippen LogP contribution in [0.25, 0.3) is 11.1 Å². The number of morpholine rings is 1. The zero-order chi connectivity index (χ0) is 19.6. The molecule has 3 heterocycles. The summed E-state index contributed by atoms with van der Waals surface area (Å²) in [6.45, 7) is 1.54. The molecule has 150 valence electrons. The third-order valence-corrected chi connectivity index (χ3v) is 5.84. The molecule has 0 unspecified atom stereocenters.